The van der Waals surface area contributed by atoms with Crippen molar-refractivity contribution in [3.05, 3.63) is 59.2 Å². The van der Waals surface area contributed by atoms with Crippen molar-refractivity contribution in [2.24, 2.45) is 0 Å². The molecule has 3 N–H and O–H groups in total. The van der Waals surface area contributed by atoms with Gasteiger partial charge in [0.15, 0.2) is 11.5 Å². The number of rotatable bonds is 8. The van der Waals surface area contributed by atoms with Crippen LogP contribution < -0.4 is 0 Å². The van der Waals surface area contributed by atoms with Gasteiger partial charge < -0.3 is 15.3 Å². The minimum Gasteiger partial charge on any atom is -0.504 e. The number of benzene rings is 2. The van der Waals surface area contributed by atoms with Crippen molar-refractivity contribution in [1.29, 1.82) is 0 Å². The summed E-state index contributed by atoms with van der Waals surface area (Å²) in [7, 11) is 0. The smallest absolute Gasteiger partial charge is 0.157 e. The second kappa shape index (κ2) is 8.20. The Hall–Kier alpha value is -2.00. The van der Waals surface area contributed by atoms with E-state index < -0.39 is 5.60 Å². The van der Waals surface area contributed by atoms with E-state index in [1.807, 2.05) is 19.9 Å². The number of aromatic hydroxyl groups is 2. The average Bonchev–Trinajstić information content (AvgIpc) is 2.53. The molecular weight excluding hydrogens is 300 g/mol. The third-order valence-corrected chi connectivity index (χ3v) is 4.27. The Balaban J connectivity index is 1.78. The average molecular weight is 328 g/mol. The number of aliphatic hydroxyl groups is 1. The second-order valence-electron chi connectivity index (χ2n) is 7.16. The summed E-state index contributed by atoms with van der Waals surface area (Å²) in [6.45, 7) is 3.71. The number of unbranched alkanes of at least 4 members (excludes halogenated alkanes) is 1. The van der Waals surface area contributed by atoms with Crippen molar-refractivity contribution in [3.8, 4) is 11.5 Å². The van der Waals surface area contributed by atoms with Crippen LogP contribution in [0.25, 0.3) is 0 Å². The lowest BCUT2D eigenvalue weighted by molar-refractivity contribution is 0.0682. The lowest BCUT2D eigenvalue weighted by atomic mass is 9.98. The maximum atomic E-state index is 9.71. The van der Waals surface area contributed by atoms with Crippen LogP contribution in [-0.4, -0.2) is 20.9 Å². The molecule has 0 amide bonds. The Morgan fingerprint density at radius 1 is 0.708 bits per heavy atom. The number of hydrogen-bond donors (Lipinski definition) is 3. The van der Waals surface area contributed by atoms with Crippen molar-refractivity contribution in [1.82, 2.24) is 0 Å². The quantitative estimate of drug-likeness (QED) is 0.498. The SMILES string of the molecule is CC(C)(O)CCCCc1ccc(CCc2ccc(O)c(O)c2)cc1. The van der Waals surface area contributed by atoms with E-state index in [1.165, 1.54) is 17.2 Å². The maximum Gasteiger partial charge on any atom is 0.157 e. The highest BCUT2D eigenvalue weighted by atomic mass is 16.3. The van der Waals surface area contributed by atoms with Gasteiger partial charge >= 0.3 is 0 Å². The lowest BCUT2D eigenvalue weighted by Gasteiger charge is -2.16. The minimum absolute atomic E-state index is 0.0612. The van der Waals surface area contributed by atoms with Crippen molar-refractivity contribution >= 4 is 0 Å². The zero-order valence-corrected chi connectivity index (χ0v) is 14.6. The van der Waals surface area contributed by atoms with Gasteiger partial charge in [0.25, 0.3) is 0 Å². The van der Waals surface area contributed by atoms with Crippen LogP contribution in [-0.2, 0) is 19.3 Å². The van der Waals surface area contributed by atoms with E-state index in [0.29, 0.717) is 0 Å². The van der Waals surface area contributed by atoms with Gasteiger partial charge in [-0.15, -0.1) is 0 Å². The Morgan fingerprint density at radius 2 is 1.25 bits per heavy atom. The van der Waals surface area contributed by atoms with Crippen molar-refractivity contribution in [2.45, 2.75) is 58.0 Å². The Kier molecular flexibility index (Phi) is 6.27. The highest BCUT2D eigenvalue weighted by Crippen LogP contribution is 2.25. The molecule has 130 valence electrons. The van der Waals surface area contributed by atoms with E-state index in [-0.39, 0.29) is 11.5 Å². The molecule has 0 saturated carbocycles. The summed E-state index contributed by atoms with van der Waals surface area (Å²) < 4.78 is 0. The predicted molar refractivity (Wildman–Crippen MR) is 97.5 cm³/mol. The van der Waals surface area contributed by atoms with E-state index in [4.69, 9.17) is 0 Å². The molecule has 0 unspecified atom stereocenters. The minimum atomic E-state index is -0.563. The molecular formula is C21H28O3. The van der Waals surface area contributed by atoms with E-state index in [0.717, 1.165) is 44.1 Å². The van der Waals surface area contributed by atoms with E-state index in [1.54, 1.807) is 6.07 Å². The van der Waals surface area contributed by atoms with Gasteiger partial charge in [0, 0.05) is 0 Å². The van der Waals surface area contributed by atoms with E-state index in [9.17, 15) is 15.3 Å². The Bertz CT molecular complexity index is 639. The van der Waals surface area contributed by atoms with Crippen molar-refractivity contribution < 1.29 is 15.3 Å². The topological polar surface area (TPSA) is 60.7 Å². The summed E-state index contributed by atoms with van der Waals surface area (Å²) in [5.74, 6) is -0.137. The molecule has 0 aliphatic heterocycles. The number of hydrogen-bond acceptors (Lipinski definition) is 3. The fraction of sp³-hybridized carbons (Fsp3) is 0.429. The molecule has 2 rings (SSSR count). The first-order valence-electron chi connectivity index (χ1n) is 8.64. The largest absolute Gasteiger partial charge is 0.504 e. The number of phenolic OH excluding ortho intramolecular Hbond substituents is 2. The third kappa shape index (κ3) is 6.25. The molecule has 0 atom stereocenters. The zero-order valence-electron chi connectivity index (χ0n) is 14.6. The van der Waals surface area contributed by atoms with Crippen molar-refractivity contribution in [3.63, 3.8) is 0 Å². The first kappa shape index (κ1) is 18.3. The van der Waals surface area contributed by atoms with Gasteiger partial charge in [0.05, 0.1) is 5.60 Å². The fourth-order valence-corrected chi connectivity index (χ4v) is 2.77. The predicted octanol–water partition coefficient (Wildman–Crippen LogP) is 4.37. The highest BCUT2D eigenvalue weighted by Gasteiger charge is 2.11. The number of phenols is 2. The molecule has 2 aromatic rings. The first-order valence-corrected chi connectivity index (χ1v) is 8.64. The van der Waals surface area contributed by atoms with Gasteiger partial charge in [-0.05, 0) is 74.8 Å². The molecule has 0 aliphatic rings. The van der Waals surface area contributed by atoms with Crippen LogP contribution in [0, 0.1) is 0 Å². The highest BCUT2D eigenvalue weighted by molar-refractivity contribution is 5.40. The van der Waals surface area contributed by atoms with Gasteiger partial charge in [0.1, 0.15) is 0 Å². The zero-order chi connectivity index (χ0) is 17.6. The standard InChI is InChI=1S/C21H28O3/c1-21(2,24)14-4-3-5-16-6-8-17(9-7-16)10-11-18-12-13-19(22)20(23)15-18/h6-9,12-13,15,22-24H,3-5,10-11,14H2,1-2H3. The van der Waals surface area contributed by atoms with Crippen LogP contribution >= 0.6 is 0 Å². The number of aryl methyl sites for hydroxylation is 3. The molecule has 0 spiro atoms. The maximum absolute atomic E-state index is 9.71. The van der Waals surface area contributed by atoms with E-state index >= 15 is 0 Å². The van der Waals surface area contributed by atoms with Gasteiger partial charge in [-0.1, -0.05) is 36.8 Å². The molecule has 24 heavy (non-hydrogen) atoms. The van der Waals surface area contributed by atoms with Crippen LogP contribution in [0.4, 0.5) is 0 Å². The fourth-order valence-electron chi connectivity index (χ4n) is 2.77. The summed E-state index contributed by atoms with van der Waals surface area (Å²) in [6.07, 6.45) is 5.75. The van der Waals surface area contributed by atoms with E-state index in [2.05, 4.69) is 24.3 Å². The van der Waals surface area contributed by atoms with Gasteiger partial charge in [-0.25, -0.2) is 0 Å². The molecule has 0 fully saturated rings. The molecule has 0 aromatic heterocycles. The molecule has 3 heteroatoms. The molecule has 3 nitrogen and oxygen atoms in total. The molecule has 0 radical (unpaired) electrons. The molecule has 2 aromatic carbocycles. The monoisotopic (exact) mass is 328 g/mol. The molecule has 0 aliphatic carbocycles. The Morgan fingerprint density at radius 3 is 1.83 bits per heavy atom. The summed E-state index contributed by atoms with van der Waals surface area (Å²) in [4.78, 5) is 0. The summed E-state index contributed by atoms with van der Waals surface area (Å²) in [5.41, 5.74) is 3.05. The van der Waals surface area contributed by atoms with Gasteiger partial charge in [-0.2, -0.15) is 0 Å². The molecule has 0 heterocycles. The van der Waals surface area contributed by atoms with Crippen LogP contribution in [0.5, 0.6) is 11.5 Å². The van der Waals surface area contributed by atoms with Crippen LogP contribution in [0.15, 0.2) is 42.5 Å². The summed E-state index contributed by atoms with van der Waals surface area (Å²) in [5, 5.41) is 28.6. The van der Waals surface area contributed by atoms with Crippen LogP contribution in [0.1, 0.15) is 49.8 Å². The Labute approximate surface area is 144 Å². The van der Waals surface area contributed by atoms with Crippen LogP contribution in [0.3, 0.4) is 0 Å². The lowest BCUT2D eigenvalue weighted by Crippen LogP contribution is -2.17. The summed E-state index contributed by atoms with van der Waals surface area (Å²) in [6, 6.07) is 13.7. The van der Waals surface area contributed by atoms with Crippen molar-refractivity contribution in [2.75, 3.05) is 0 Å². The van der Waals surface area contributed by atoms with Crippen LogP contribution in [0.2, 0.25) is 0 Å². The van der Waals surface area contributed by atoms with Gasteiger partial charge in [-0.3, -0.25) is 0 Å². The first-order chi connectivity index (χ1) is 11.3. The summed E-state index contributed by atoms with van der Waals surface area (Å²) >= 11 is 0. The normalized spacial score (nSPS) is 11.6. The second-order valence-corrected chi connectivity index (χ2v) is 7.16. The molecule has 0 bridgehead atoms. The third-order valence-electron chi connectivity index (χ3n) is 4.27. The molecule has 0 saturated heterocycles. The van der Waals surface area contributed by atoms with Gasteiger partial charge in [0.2, 0.25) is 0 Å².